The number of fused-ring (bicyclic) bond motifs is 2. The van der Waals surface area contributed by atoms with Crippen molar-refractivity contribution in [1.29, 1.82) is 0 Å². The van der Waals surface area contributed by atoms with Gasteiger partial charge in [0.1, 0.15) is 0 Å². The van der Waals surface area contributed by atoms with Crippen LogP contribution >= 0.6 is 0 Å². The maximum absolute atomic E-state index is 11.7. The summed E-state index contributed by atoms with van der Waals surface area (Å²) in [7, 11) is 0. The van der Waals surface area contributed by atoms with Gasteiger partial charge in [-0.15, -0.1) is 0 Å². The number of ether oxygens (including phenoxy) is 1. The van der Waals surface area contributed by atoms with Crippen molar-refractivity contribution in [2.45, 2.75) is 18.3 Å². The normalized spacial score (nSPS) is 20.5. The molecule has 0 aliphatic heterocycles. The summed E-state index contributed by atoms with van der Waals surface area (Å²) in [4.78, 5) is 0. The van der Waals surface area contributed by atoms with E-state index in [-0.39, 0.29) is 5.92 Å². The first kappa shape index (κ1) is 17.9. The quantitative estimate of drug-likeness (QED) is 0.448. The smallest absolute Gasteiger partial charge is 0.197 e. The largest absolute Gasteiger partial charge is 0.361 e. The molecule has 2 heteroatoms. The van der Waals surface area contributed by atoms with Crippen molar-refractivity contribution in [2.24, 2.45) is 0 Å². The second-order valence-electron chi connectivity index (χ2n) is 7.49. The van der Waals surface area contributed by atoms with Crippen LogP contribution < -0.4 is 0 Å². The Morgan fingerprint density at radius 1 is 0.724 bits per heavy atom. The second-order valence-corrected chi connectivity index (χ2v) is 7.49. The fourth-order valence-electron chi connectivity index (χ4n) is 4.25. The minimum Gasteiger partial charge on any atom is -0.361 e. The van der Waals surface area contributed by atoms with Crippen LogP contribution in [0.5, 0.6) is 0 Å². The first-order valence-corrected chi connectivity index (χ1v) is 9.91. The highest BCUT2D eigenvalue weighted by atomic mass is 16.6. The molecule has 142 valence electrons. The molecular weight excluding hydrogens is 356 g/mol. The number of aliphatic hydroxyl groups is 1. The van der Waals surface area contributed by atoms with Crippen LogP contribution in [0.25, 0.3) is 16.8 Å². The van der Waals surface area contributed by atoms with Crippen molar-refractivity contribution >= 4 is 16.8 Å². The van der Waals surface area contributed by atoms with Crippen LogP contribution in [0.2, 0.25) is 0 Å². The van der Waals surface area contributed by atoms with Crippen molar-refractivity contribution in [3.63, 3.8) is 0 Å². The molecule has 4 aromatic carbocycles. The lowest BCUT2D eigenvalue weighted by atomic mass is 9.76. The molecule has 2 unspecified atom stereocenters. The van der Waals surface area contributed by atoms with Crippen molar-refractivity contribution in [3.05, 3.63) is 125 Å². The Bertz CT molecular complexity index is 1170. The Morgan fingerprint density at radius 3 is 2.31 bits per heavy atom. The first-order valence-electron chi connectivity index (χ1n) is 9.91. The SMILES string of the molecule is OC1(OCc2ccccc2)C=Cc2ccccc2C1c1cccc2ccccc12. The molecule has 0 saturated heterocycles. The van der Waals surface area contributed by atoms with E-state index in [0.717, 1.165) is 33.0 Å². The highest BCUT2D eigenvalue weighted by Crippen LogP contribution is 2.44. The fraction of sp³-hybridized carbons (Fsp3) is 0.111. The van der Waals surface area contributed by atoms with Crippen molar-refractivity contribution in [1.82, 2.24) is 0 Å². The van der Waals surface area contributed by atoms with Crippen LogP contribution in [-0.4, -0.2) is 10.9 Å². The van der Waals surface area contributed by atoms with E-state index in [2.05, 4.69) is 42.5 Å². The standard InChI is InChI=1S/C27H22O2/c28-27(29-19-20-9-2-1-3-10-20)18-17-22-12-5-7-15-24(22)26(27)25-16-8-13-21-11-4-6-14-23(21)25/h1-18,26,28H,19H2. The zero-order chi connectivity index (χ0) is 19.7. The second kappa shape index (κ2) is 7.32. The van der Waals surface area contributed by atoms with Crippen LogP contribution in [0.15, 0.2) is 103 Å². The van der Waals surface area contributed by atoms with Gasteiger partial charge in [0.05, 0.1) is 12.5 Å². The third-order valence-corrected chi connectivity index (χ3v) is 5.67. The molecule has 0 saturated carbocycles. The molecule has 0 amide bonds. The summed E-state index contributed by atoms with van der Waals surface area (Å²) < 4.78 is 6.20. The number of rotatable bonds is 4. The van der Waals surface area contributed by atoms with E-state index in [4.69, 9.17) is 4.74 Å². The summed E-state index contributed by atoms with van der Waals surface area (Å²) >= 11 is 0. The van der Waals surface area contributed by atoms with Gasteiger partial charge in [-0.2, -0.15) is 0 Å². The van der Waals surface area contributed by atoms with Crippen molar-refractivity contribution in [2.75, 3.05) is 0 Å². The molecular formula is C27H22O2. The average molecular weight is 378 g/mol. The highest BCUT2D eigenvalue weighted by molar-refractivity contribution is 5.87. The van der Waals surface area contributed by atoms with Gasteiger partial charge in [0.2, 0.25) is 0 Å². The van der Waals surface area contributed by atoms with Crippen molar-refractivity contribution < 1.29 is 9.84 Å². The van der Waals surface area contributed by atoms with E-state index in [0.29, 0.717) is 6.61 Å². The molecule has 1 aliphatic rings. The van der Waals surface area contributed by atoms with E-state index in [1.54, 1.807) is 6.08 Å². The maximum Gasteiger partial charge on any atom is 0.197 e. The molecule has 0 aromatic heterocycles. The van der Waals surface area contributed by atoms with Crippen LogP contribution in [0, 0.1) is 0 Å². The van der Waals surface area contributed by atoms with Gasteiger partial charge >= 0.3 is 0 Å². The predicted octanol–water partition coefficient (Wildman–Crippen LogP) is 5.90. The van der Waals surface area contributed by atoms with E-state index in [1.807, 2.05) is 60.7 Å². The van der Waals surface area contributed by atoms with Crippen LogP contribution in [-0.2, 0) is 11.3 Å². The number of benzene rings is 4. The summed E-state index contributed by atoms with van der Waals surface area (Å²) in [6.07, 6.45) is 3.76. The predicted molar refractivity (Wildman–Crippen MR) is 117 cm³/mol. The van der Waals surface area contributed by atoms with E-state index < -0.39 is 5.79 Å². The van der Waals surface area contributed by atoms with Crippen LogP contribution in [0.4, 0.5) is 0 Å². The molecule has 0 spiro atoms. The fourth-order valence-corrected chi connectivity index (χ4v) is 4.25. The third kappa shape index (κ3) is 3.27. The Kier molecular flexibility index (Phi) is 4.51. The lowest BCUT2D eigenvalue weighted by Crippen LogP contribution is -2.40. The zero-order valence-electron chi connectivity index (χ0n) is 16.0. The van der Waals surface area contributed by atoms with Gasteiger partial charge in [0, 0.05) is 0 Å². The number of hydrogen-bond acceptors (Lipinski definition) is 2. The first-order chi connectivity index (χ1) is 14.2. The Balaban J connectivity index is 1.64. The van der Waals surface area contributed by atoms with E-state index in [1.165, 1.54) is 0 Å². The highest BCUT2D eigenvalue weighted by Gasteiger charge is 2.41. The molecule has 0 fully saturated rings. The van der Waals surface area contributed by atoms with Crippen molar-refractivity contribution in [3.8, 4) is 0 Å². The minimum absolute atomic E-state index is 0.321. The average Bonchev–Trinajstić information content (AvgIpc) is 2.78. The van der Waals surface area contributed by atoms with Gasteiger partial charge in [0.15, 0.2) is 5.79 Å². The van der Waals surface area contributed by atoms with Gasteiger partial charge in [-0.3, -0.25) is 0 Å². The van der Waals surface area contributed by atoms with Gasteiger partial charge in [-0.1, -0.05) is 103 Å². The van der Waals surface area contributed by atoms with Gasteiger partial charge in [-0.05, 0) is 39.1 Å². The monoisotopic (exact) mass is 378 g/mol. The molecule has 5 rings (SSSR count). The summed E-state index contributed by atoms with van der Waals surface area (Å²) in [5, 5.41) is 14.0. The summed E-state index contributed by atoms with van der Waals surface area (Å²) in [5.74, 6) is -1.76. The molecule has 0 heterocycles. The van der Waals surface area contributed by atoms with E-state index in [9.17, 15) is 5.11 Å². The van der Waals surface area contributed by atoms with Crippen LogP contribution in [0.1, 0.15) is 28.2 Å². The third-order valence-electron chi connectivity index (χ3n) is 5.67. The Hall–Kier alpha value is -3.20. The van der Waals surface area contributed by atoms with E-state index >= 15 is 0 Å². The summed E-state index contributed by atoms with van der Waals surface area (Å²) in [6, 6.07) is 32.7. The zero-order valence-corrected chi connectivity index (χ0v) is 16.0. The minimum atomic E-state index is -1.44. The maximum atomic E-state index is 11.7. The van der Waals surface area contributed by atoms with Gasteiger partial charge in [0.25, 0.3) is 0 Å². The molecule has 4 aromatic rings. The Morgan fingerprint density at radius 2 is 1.41 bits per heavy atom. The molecule has 1 aliphatic carbocycles. The molecule has 1 N–H and O–H groups in total. The lowest BCUT2D eigenvalue weighted by Gasteiger charge is -2.38. The molecule has 2 nitrogen and oxygen atoms in total. The lowest BCUT2D eigenvalue weighted by molar-refractivity contribution is -0.184. The molecule has 0 radical (unpaired) electrons. The summed E-state index contributed by atoms with van der Waals surface area (Å²) in [5.41, 5.74) is 4.28. The van der Waals surface area contributed by atoms with Gasteiger partial charge in [-0.25, -0.2) is 0 Å². The molecule has 2 atom stereocenters. The molecule has 29 heavy (non-hydrogen) atoms. The summed E-state index contributed by atoms with van der Waals surface area (Å²) in [6.45, 7) is 0.338. The van der Waals surface area contributed by atoms with Gasteiger partial charge < -0.3 is 9.84 Å². The Labute approximate surface area is 170 Å². The molecule has 0 bridgehead atoms. The topological polar surface area (TPSA) is 29.5 Å². The van der Waals surface area contributed by atoms with Crippen LogP contribution in [0.3, 0.4) is 0 Å². The number of hydrogen-bond donors (Lipinski definition) is 1.